The summed E-state index contributed by atoms with van der Waals surface area (Å²) in [6.07, 6.45) is 20.3. The molecule has 24 heavy (non-hydrogen) atoms. The Morgan fingerprint density at radius 2 is 1.38 bits per heavy atom. The second-order valence-electron chi connectivity index (χ2n) is 10.0. The Morgan fingerprint density at radius 1 is 0.583 bits per heavy atom. The van der Waals surface area contributed by atoms with Crippen molar-refractivity contribution in [2.24, 2.45) is 23.7 Å². The van der Waals surface area contributed by atoms with Gasteiger partial charge in [-0.3, -0.25) is 4.90 Å². The topological polar surface area (TPSA) is 12.5 Å². The first kappa shape index (κ1) is 15.0. The fourth-order valence-electron chi connectivity index (χ4n) is 8.55. The van der Waals surface area contributed by atoms with Crippen molar-refractivity contribution < 1.29 is 4.74 Å². The highest BCUT2D eigenvalue weighted by Crippen LogP contribution is 2.58. The molecule has 2 heterocycles. The molecular formula is C22H35NO. The summed E-state index contributed by atoms with van der Waals surface area (Å²) in [5.41, 5.74) is 0. The van der Waals surface area contributed by atoms with E-state index in [0.717, 1.165) is 41.8 Å². The van der Waals surface area contributed by atoms with Crippen molar-refractivity contribution in [1.82, 2.24) is 4.90 Å². The number of fused-ring (bicyclic) bond motifs is 5. The monoisotopic (exact) mass is 329 g/mol. The number of morpholine rings is 1. The van der Waals surface area contributed by atoms with E-state index < -0.39 is 0 Å². The normalized spacial score (nSPS) is 56.8. The minimum Gasteiger partial charge on any atom is -0.372 e. The van der Waals surface area contributed by atoms with Gasteiger partial charge in [-0.1, -0.05) is 38.5 Å². The number of ether oxygens (including phenoxy) is 1. The molecule has 9 atom stereocenters. The standard InChI is InChI=1S/C22H35NO/c1-2-9-17-15(7-1)16-8-5-6-14-12-13-20-22(21(14)16)23(17)18-10-3-4-11-19(18)24-20/h14-22H,1-13H2. The molecule has 6 fully saturated rings. The van der Waals surface area contributed by atoms with E-state index in [1.54, 1.807) is 12.8 Å². The van der Waals surface area contributed by atoms with Crippen LogP contribution in [0.1, 0.15) is 83.5 Å². The molecule has 0 radical (unpaired) electrons. The molecule has 9 unspecified atom stereocenters. The van der Waals surface area contributed by atoms with Crippen molar-refractivity contribution in [1.29, 1.82) is 0 Å². The fraction of sp³-hybridized carbons (Fsp3) is 1.00. The molecule has 0 bridgehead atoms. The van der Waals surface area contributed by atoms with E-state index >= 15 is 0 Å². The average molecular weight is 330 g/mol. The van der Waals surface area contributed by atoms with E-state index in [0.29, 0.717) is 12.2 Å². The molecular weight excluding hydrogens is 294 g/mol. The largest absolute Gasteiger partial charge is 0.372 e. The second-order valence-corrected chi connectivity index (χ2v) is 10.0. The van der Waals surface area contributed by atoms with Gasteiger partial charge in [0, 0.05) is 18.1 Å². The van der Waals surface area contributed by atoms with E-state index in [-0.39, 0.29) is 0 Å². The minimum atomic E-state index is 0.583. The SMILES string of the molecule is C1CCC2C(C1)OC1CCC3CCCC4C5CCCCC5N2C1C34. The fourth-order valence-corrected chi connectivity index (χ4v) is 8.55. The zero-order valence-corrected chi connectivity index (χ0v) is 15.2. The van der Waals surface area contributed by atoms with Gasteiger partial charge >= 0.3 is 0 Å². The first-order valence-corrected chi connectivity index (χ1v) is 11.3. The first-order valence-electron chi connectivity index (χ1n) is 11.3. The van der Waals surface area contributed by atoms with Gasteiger partial charge in [0.05, 0.1) is 12.2 Å². The van der Waals surface area contributed by atoms with Crippen LogP contribution in [0.2, 0.25) is 0 Å². The molecule has 2 aliphatic heterocycles. The van der Waals surface area contributed by atoms with Crippen molar-refractivity contribution in [3.63, 3.8) is 0 Å². The van der Waals surface area contributed by atoms with E-state index in [1.807, 2.05) is 0 Å². The molecule has 0 aromatic carbocycles. The number of nitrogens with zero attached hydrogens (tertiary/aromatic N) is 1. The first-order chi connectivity index (χ1) is 11.9. The molecule has 4 saturated carbocycles. The van der Waals surface area contributed by atoms with E-state index in [1.165, 1.54) is 70.6 Å². The summed E-state index contributed by atoms with van der Waals surface area (Å²) in [5, 5.41) is 0. The smallest absolute Gasteiger partial charge is 0.0738 e. The zero-order chi connectivity index (χ0) is 15.7. The Morgan fingerprint density at radius 3 is 2.33 bits per heavy atom. The number of hydrogen-bond acceptors (Lipinski definition) is 2. The van der Waals surface area contributed by atoms with E-state index in [4.69, 9.17) is 4.74 Å². The zero-order valence-electron chi connectivity index (χ0n) is 15.2. The van der Waals surface area contributed by atoms with Crippen LogP contribution in [-0.2, 0) is 4.74 Å². The van der Waals surface area contributed by atoms with E-state index in [9.17, 15) is 0 Å². The predicted molar refractivity (Wildman–Crippen MR) is 95.8 cm³/mol. The van der Waals surface area contributed by atoms with Crippen molar-refractivity contribution in [2.75, 3.05) is 0 Å². The minimum absolute atomic E-state index is 0.583. The van der Waals surface area contributed by atoms with Gasteiger partial charge in [-0.25, -0.2) is 0 Å². The van der Waals surface area contributed by atoms with Gasteiger partial charge < -0.3 is 4.74 Å². The summed E-state index contributed by atoms with van der Waals surface area (Å²) in [4.78, 5) is 3.17. The predicted octanol–water partition coefficient (Wildman–Crippen LogP) is 4.77. The Kier molecular flexibility index (Phi) is 3.57. The lowest BCUT2D eigenvalue weighted by Crippen LogP contribution is -2.74. The van der Waals surface area contributed by atoms with Crippen LogP contribution in [0.25, 0.3) is 0 Å². The molecule has 2 nitrogen and oxygen atoms in total. The van der Waals surface area contributed by atoms with Crippen molar-refractivity contribution in [3.8, 4) is 0 Å². The Balaban J connectivity index is 1.43. The van der Waals surface area contributed by atoms with E-state index in [2.05, 4.69) is 4.90 Å². The van der Waals surface area contributed by atoms with Crippen molar-refractivity contribution in [3.05, 3.63) is 0 Å². The van der Waals surface area contributed by atoms with Gasteiger partial charge in [0.2, 0.25) is 0 Å². The lowest BCUT2D eigenvalue weighted by Gasteiger charge is -2.67. The highest BCUT2D eigenvalue weighted by Gasteiger charge is 2.60. The lowest BCUT2D eigenvalue weighted by molar-refractivity contribution is -0.252. The van der Waals surface area contributed by atoms with Gasteiger partial charge in [0.25, 0.3) is 0 Å². The summed E-state index contributed by atoms with van der Waals surface area (Å²) >= 11 is 0. The van der Waals surface area contributed by atoms with Crippen LogP contribution in [0.4, 0.5) is 0 Å². The van der Waals surface area contributed by atoms with Gasteiger partial charge in [-0.05, 0) is 68.6 Å². The summed E-state index contributed by atoms with van der Waals surface area (Å²) in [6.45, 7) is 0. The molecule has 0 amide bonds. The number of hydrogen-bond donors (Lipinski definition) is 0. The summed E-state index contributed by atoms with van der Waals surface area (Å²) < 4.78 is 6.83. The molecule has 0 spiro atoms. The molecule has 0 aromatic rings. The molecule has 2 saturated heterocycles. The van der Waals surface area contributed by atoms with Crippen LogP contribution in [-0.4, -0.2) is 35.2 Å². The molecule has 6 aliphatic rings. The third kappa shape index (κ3) is 2.02. The summed E-state index contributed by atoms with van der Waals surface area (Å²) in [5.74, 6) is 4.14. The summed E-state index contributed by atoms with van der Waals surface area (Å²) in [7, 11) is 0. The van der Waals surface area contributed by atoms with Crippen LogP contribution in [0.3, 0.4) is 0 Å². The molecule has 0 aromatic heterocycles. The quantitative estimate of drug-likeness (QED) is 0.635. The Labute approximate surface area is 147 Å². The van der Waals surface area contributed by atoms with Gasteiger partial charge in [-0.15, -0.1) is 0 Å². The van der Waals surface area contributed by atoms with Crippen LogP contribution in [0, 0.1) is 23.7 Å². The maximum Gasteiger partial charge on any atom is 0.0738 e. The van der Waals surface area contributed by atoms with Crippen molar-refractivity contribution >= 4 is 0 Å². The van der Waals surface area contributed by atoms with Crippen LogP contribution in [0.5, 0.6) is 0 Å². The molecule has 4 aliphatic carbocycles. The van der Waals surface area contributed by atoms with Crippen molar-refractivity contribution in [2.45, 2.75) is 114 Å². The molecule has 0 N–H and O–H groups in total. The Bertz CT molecular complexity index is 490. The molecule has 134 valence electrons. The number of piperidine rings is 1. The van der Waals surface area contributed by atoms with Crippen LogP contribution >= 0.6 is 0 Å². The molecule has 2 heteroatoms. The Hall–Kier alpha value is -0.0800. The number of rotatable bonds is 0. The van der Waals surface area contributed by atoms with Gasteiger partial charge in [0.15, 0.2) is 0 Å². The summed E-state index contributed by atoms with van der Waals surface area (Å²) in [6, 6.07) is 2.53. The lowest BCUT2D eigenvalue weighted by atomic mass is 9.53. The third-order valence-electron chi connectivity index (χ3n) is 9.21. The maximum atomic E-state index is 6.83. The second kappa shape index (κ2) is 5.71. The highest BCUT2D eigenvalue weighted by atomic mass is 16.5. The third-order valence-corrected chi connectivity index (χ3v) is 9.21. The highest BCUT2D eigenvalue weighted by molar-refractivity contribution is 5.12. The molecule has 6 rings (SSSR count). The van der Waals surface area contributed by atoms with Crippen LogP contribution in [0.15, 0.2) is 0 Å². The van der Waals surface area contributed by atoms with Gasteiger partial charge in [0.1, 0.15) is 0 Å². The van der Waals surface area contributed by atoms with Crippen LogP contribution < -0.4 is 0 Å². The average Bonchev–Trinajstić information content (AvgIpc) is 2.66. The maximum absolute atomic E-state index is 6.83. The van der Waals surface area contributed by atoms with Gasteiger partial charge in [-0.2, -0.15) is 0 Å².